The van der Waals surface area contributed by atoms with Gasteiger partial charge in [0.1, 0.15) is 5.03 Å². The highest BCUT2D eigenvalue weighted by Gasteiger charge is 2.08. The monoisotopic (exact) mass is 273 g/mol. The summed E-state index contributed by atoms with van der Waals surface area (Å²) in [7, 11) is 0. The molecule has 0 saturated heterocycles. The molecule has 1 aromatic carbocycles. The summed E-state index contributed by atoms with van der Waals surface area (Å²) in [4.78, 5) is 4.67. The molecule has 0 amide bonds. The summed E-state index contributed by atoms with van der Waals surface area (Å²) >= 11 is 12.7. The van der Waals surface area contributed by atoms with Gasteiger partial charge in [0.15, 0.2) is 5.82 Å². The Labute approximate surface area is 107 Å². The number of rotatable bonds is 2. The molecule has 0 saturated carbocycles. The van der Waals surface area contributed by atoms with Crippen LogP contribution in [0, 0.1) is 5.82 Å². The molecule has 1 aromatic heterocycles. The third-order valence-corrected chi connectivity index (χ3v) is 3.54. The summed E-state index contributed by atoms with van der Waals surface area (Å²) in [5, 5.41) is 1.11. The minimum atomic E-state index is -0.447. The van der Waals surface area contributed by atoms with Crippen LogP contribution in [0.15, 0.2) is 46.5 Å². The van der Waals surface area contributed by atoms with Gasteiger partial charge >= 0.3 is 0 Å². The van der Waals surface area contributed by atoms with Gasteiger partial charge in [-0.3, -0.25) is 0 Å². The van der Waals surface area contributed by atoms with Crippen molar-refractivity contribution in [2.75, 3.05) is 0 Å². The number of benzene rings is 1. The highest BCUT2D eigenvalue weighted by atomic mass is 35.5. The molecule has 2 rings (SSSR count). The number of hydrogen-bond donors (Lipinski definition) is 0. The van der Waals surface area contributed by atoms with Crippen molar-refractivity contribution in [2.45, 2.75) is 9.92 Å². The van der Waals surface area contributed by atoms with E-state index in [2.05, 4.69) is 4.98 Å². The Kier molecular flexibility index (Phi) is 3.69. The first-order chi connectivity index (χ1) is 7.66. The molecular weight excluding hydrogens is 268 g/mol. The van der Waals surface area contributed by atoms with E-state index in [4.69, 9.17) is 23.2 Å². The van der Waals surface area contributed by atoms with Crippen molar-refractivity contribution in [3.8, 4) is 0 Å². The average molecular weight is 274 g/mol. The van der Waals surface area contributed by atoms with E-state index in [9.17, 15) is 4.39 Å². The van der Waals surface area contributed by atoms with E-state index < -0.39 is 5.82 Å². The van der Waals surface area contributed by atoms with Gasteiger partial charge in [-0.15, -0.1) is 0 Å². The lowest BCUT2D eigenvalue weighted by atomic mass is 10.4. The summed E-state index contributed by atoms with van der Waals surface area (Å²) in [5.41, 5.74) is 0. The second-order valence-electron chi connectivity index (χ2n) is 2.97. The van der Waals surface area contributed by atoms with E-state index in [-0.39, 0.29) is 10.0 Å². The van der Waals surface area contributed by atoms with E-state index in [0.717, 1.165) is 4.90 Å². The average Bonchev–Trinajstić information content (AvgIpc) is 2.25. The minimum Gasteiger partial charge on any atom is -0.245 e. The van der Waals surface area contributed by atoms with Crippen LogP contribution in [0.25, 0.3) is 0 Å². The van der Waals surface area contributed by atoms with E-state index in [1.54, 1.807) is 6.07 Å². The molecule has 0 aliphatic heterocycles. The highest BCUT2D eigenvalue weighted by molar-refractivity contribution is 7.99. The van der Waals surface area contributed by atoms with Crippen molar-refractivity contribution in [2.24, 2.45) is 0 Å². The smallest absolute Gasteiger partial charge is 0.157 e. The van der Waals surface area contributed by atoms with Gasteiger partial charge in [0.25, 0.3) is 0 Å². The van der Waals surface area contributed by atoms with Crippen LogP contribution in [0.5, 0.6) is 0 Å². The lowest BCUT2D eigenvalue weighted by molar-refractivity contribution is 0.588. The maximum atomic E-state index is 13.5. The fraction of sp³-hybridized carbons (Fsp3) is 0. The molecule has 0 atom stereocenters. The second-order valence-corrected chi connectivity index (χ2v) is 4.85. The number of nitrogens with zero attached hydrogens (tertiary/aromatic N) is 1. The van der Waals surface area contributed by atoms with Crippen molar-refractivity contribution in [3.05, 3.63) is 52.4 Å². The summed E-state index contributed by atoms with van der Waals surface area (Å²) < 4.78 is 13.5. The Morgan fingerprint density at radius 2 is 1.94 bits per heavy atom. The molecule has 1 nitrogen and oxygen atoms in total. The van der Waals surface area contributed by atoms with Gasteiger partial charge < -0.3 is 0 Å². The quantitative estimate of drug-likeness (QED) is 0.788. The molecule has 0 aliphatic rings. The Morgan fingerprint density at radius 1 is 1.19 bits per heavy atom. The van der Waals surface area contributed by atoms with Gasteiger partial charge in [0.05, 0.1) is 10.0 Å². The molecule has 2 aromatic rings. The predicted molar refractivity (Wildman–Crippen MR) is 64.8 cm³/mol. The minimum absolute atomic E-state index is 0.262. The lowest BCUT2D eigenvalue weighted by Crippen LogP contribution is -1.86. The molecule has 0 N–H and O–H groups in total. The maximum absolute atomic E-state index is 13.5. The Balaban J connectivity index is 2.31. The zero-order chi connectivity index (χ0) is 11.5. The van der Waals surface area contributed by atoms with Crippen LogP contribution in [-0.4, -0.2) is 4.98 Å². The maximum Gasteiger partial charge on any atom is 0.157 e. The van der Waals surface area contributed by atoms with Crippen molar-refractivity contribution < 1.29 is 4.39 Å². The standard InChI is InChI=1S/C11H6Cl2FNS/c12-7-5-9(14)11(15-6-7)16-10-4-2-1-3-8(10)13/h1-6H. The molecular formula is C11H6Cl2FNS. The van der Waals surface area contributed by atoms with Crippen LogP contribution in [0.3, 0.4) is 0 Å². The Morgan fingerprint density at radius 3 is 2.62 bits per heavy atom. The Hall–Kier alpha value is -0.770. The fourth-order valence-electron chi connectivity index (χ4n) is 1.11. The van der Waals surface area contributed by atoms with E-state index in [0.29, 0.717) is 5.02 Å². The largest absolute Gasteiger partial charge is 0.245 e. The van der Waals surface area contributed by atoms with Crippen LogP contribution in [-0.2, 0) is 0 Å². The van der Waals surface area contributed by atoms with Gasteiger partial charge in [0.2, 0.25) is 0 Å². The van der Waals surface area contributed by atoms with E-state index in [1.165, 1.54) is 24.0 Å². The highest BCUT2D eigenvalue weighted by Crippen LogP contribution is 2.33. The van der Waals surface area contributed by atoms with Crippen LogP contribution < -0.4 is 0 Å². The number of aromatic nitrogens is 1. The number of pyridine rings is 1. The molecule has 16 heavy (non-hydrogen) atoms. The van der Waals surface area contributed by atoms with Crippen molar-refractivity contribution in [1.82, 2.24) is 4.98 Å². The molecule has 82 valence electrons. The summed E-state index contributed by atoms with van der Waals surface area (Å²) in [5.74, 6) is -0.447. The molecule has 0 spiro atoms. The predicted octanol–water partition coefficient (Wildman–Crippen LogP) is 4.68. The molecule has 0 aliphatic carbocycles. The molecule has 0 fully saturated rings. The van der Waals surface area contributed by atoms with Gasteiger partial charge in [-0.1, -0.05) is 47.1 Å². The van der Waals surface area contributed by atoms with Crippen molar-refractivity contribution in [1.29, 1.82) is 0 Å². The third-order valence-electron chi connectivity index (χ3n) is 1.82. The van der Waals surface area contributed by atoms with Crippen molar-refractivity contribution in [3.63, 3.8) is 0 Å². The number of hydrogen-bond acceptors (Lipinski definition) is 2. The van der Waals surface area contributed by atoms with Gasteiger partial charge in [-0.05, 0) is 18.2 Å². The molecule has 0 unspecified atom stereocenters. The zero-order valence-electron chi connectivity index (χ0n) is 7.95. The zero-order valence-corrected chi connectivity index (χ0v) is 10.3. The molecule has 0 radical (unpaired) electrons. The van der Waals surface area contributed by atoms with Crippen LogP contribution in [0.2, 0.25) is 10.0 Å². The molecule has 5 heteroatoms. The molecule has 0 bridgehead atoms. The van der Waals surface area contributed by atoms with Crippen LogP contribution in [0.1, 0.15) is 0 Å². The first-order valence-electron chi connectivity index (χ1n) is 4.40. The normalized spacial score (nSPS) is 10.4. The second kappa shape index (κ2) is 5.04. The van der Waals surface area contributed by atoms with Crippen LogP contribution in [0.4, 0.5) is 4.39 Å². The van der Waals surface area contributed by atoms with Crippen molar-refractivity contribution >= 4 is 35.0 Å². The molecule has 1 heterocycles. The topological polar surface area (TPSA) is 12.9 Å². The first kappa shape index (κ1) is 11.7. The number of halogens is 3. The third kappa shape index (κ3) is 2.67. The van der Waals surface area contributed by atoms with Gasteiger partial charge in [-0.2, -0.15) is 0 Å². The first-order valence-corrected chi connectivity index (χ1v) is 5.97. The SMILES string of the molecule is Fc1cc(Cl)cnc1Sc1ccccc1Cl. The van der Waals surface area contributed by atoms with E-state index in [1.807, 2.05) is 18.2 Å². The summed E-state index contributed by atoms with van der Waals surface area (Å²) in [6.07, 6.45) is 1.41. The van der Waals surface area contributed by atoms with Crippen LogP contribution >= 0.6 is 35.0 Å². The van der Waals surface area contributed by atoms with E-state index >= 15 is 0 Å². The Bertz CT molecular complexity index is 519. The fourth-order valence-corrected chi connectivity index (χ4v) is 2.29. The summed E-state index contributed by atoms with van der Waals surface area (Å²) in [6, 6.07) is 8.44. The summed E-state index contributed by atoms with van der Waals surface area (Å²) in [6.45, 7) is 0. The van der Waals surface area contributed by atoms with Gasteiger partial charge in [0, 0.05) is 11.1 Å². The van der Waals surface area contributed by atoms with Gasteiger partial charge in [-0.25, -0.2) is 9.37 Å². The lowest BCUT2D eigenvalue weighted by Gasteiger charge is -2.04.